The summed E-state index contributed by atoms with van der Waals surface area (Å²) >= 11 is 0. The second-order valence-corrected chi connectivity index (χ2v) is 6.48. The Hall–Kier alpha value is -2.58. The van der Waals surface area contributed by atoms with Crippen molar-refractivity contribution in [2.45, 2.75) is 46.0 Å². The topological polar surface area (TPSA) is 58.3 Å². The quantitative estimate of drug-likeness (QED) is 0.549. The van der Waals surface area contributed by atoms with E-state index in [1.807, 2.05) is 30.4 Å². The Bertz CT molecular complexity index is 752. The number of aromatic nitrogens is 3. The van der Waals surface area contributed by atoms with Crippen molar-refractivity contribution in [1.82, 2.24) is 25.0 Å². The molecule has 0 amide bonds. The number of benzene rings is 1. The first-order valence-corrected chi connectivity index (χ1v) is 9.37. The highest BCUT2D eigenvalue weighted by molar-refractivity contribution is 5.79. The maximum absolute atomic E-state index is 12.7. The van der Waals surface area contributed by atoms with Crippen LogP contribution < -0.4 is 5.32 Å². The molecule has 1 aromatic carbocycles. The van der Waals surface area contributed by atoms with Gasteiger partial charge in [-0.15, -0.1) is 10.2 Å². The second-order valence-electron chi connectivity index (χ2n) is 6.48. The molecule has 1 aromatic heterocycles. The lowest BCUT2D eigenvalue weighted by atomic mass is 10.1. The van der Waals surface area contributed by atoms with Gasteiger partial charge in [0.15, 0.2) is 5.96 Å². The first kappa shape index (κ1) is 21.7. The van der Waals surface area contributed by atoms with E-state index in [-0.39, 0.29) is 0 Å². The Kier molecular flexibility index (Phi) is 7.83. The number of rotatable bonds is 8. The number of aryl methyl sites for hydroxylation is 1. The van der Waals surface area contributed by atoms with Crippen molar-refractivity contribution in [3.05, 3.63) is 47.5 Å². The minimum absolute atomic E-state index is 0.459. The molecule has 0 saturated carbocycles. The molecule has 0 atom stereocenters. The molecule has 0 unspecified atom stereocenters. The summed E-state index contributed by atoms with van der Waals surface area (Å²) in [6.45, 7) is 6.55. The van der Waals surface area contributed by atoms with Crippen LogP contribution >= 0.6 is 0 Å². The van der Waals surface area contributed by atoms with Crippen molar-refractivity contribution in [1.29, 1.82) is 0 Å². The molecule has 0 aliphatic rings. The Balaban J connectivity index is 1.97. The van der Waals surface area contributed by atoms with Crippen LogP contribution in [0.2, 0.25) is 0 Å². The highest BCUT2D eigenvalue weighted by atomic mass is 19.4. The summed E-state index contributed by atoms with van der Waals surface area (Å²) in [5.74, 6) is 1.64. The van der Waals surface area contributed by atoms with Crippen LogP contribution in [0.1, 0.15) is 37.2 Å². The first-order valence-electron chi connectivity index (χ1n) is 9.37. The van der Waals surface area contributed by atoms with Gasteiger partial charge in [0.1, 0.15) is 12.2 Å². The van der Waals surface area contributed by atoms with Crippen LogP contribution in [-0.4, -0.2) is 45.8 Å². The number of halogens is 3. The van der Waals surface area contributed by atoms with Gasteiger partial charge in [-0.25, -0.2) is 0 Å². The molecule has 1 N–H and O–H groups in total. The largest absolute Gasteiger partial charge is 0.416 e. The predicted octanol–water partition coefficient (Wildman–Crippen LogP) is 3.35. The molecule has 2 rings (SSSR count). The number of nitrogens with one attached hydrogen (secondary N) is 1. The summed E-state index contributed by atoms with van der Waals surface area (Å²) in [6, 6.07) is 5.22. The van der Waals surface area contributed by atoms with Gasteiger partial charge in [-0.1, -0.05) is 26.0 Å². The van der Waals surface area contributed by atoms with Crippen molar-refractivity contribution in [3.63, 3.8) is 0 Å². The number of nitrogens with zero attached hydrogens (tertiary/aromatic N) is 5. The minimum atomic E-state index is -4.32. The lowest BCUT2D eigenvalue weighted by molar-refractivity contribution is -0.137. The Labute approximate surface area is 163 Å². The van der Waals surface area contributed by atoms with Gasteiger partial charge in [0.05, 0.1) is 5.56 Å². The van der Waals surface area contributed by atoms with Crippen molar-refractivity contribution in [2.24, 2.45) is 4.99 Å². The maximum Gasteiger partial charge on any atom is 0.416 e. The molecule has 0 aliphatic heterocycles. The number of aliphatic imine (C=N–C) groups is 1. The van der Waals surface area contributed by atoms with Gasteiger partial charge in [0.2, 0.25) is 0 Å². The Morgan fingerprint density at radius 3 is 2.54 bits per heavy atom. The normalized spacial score (nSPS) is 12.3. The van der Waals surface area contributed by atoms with E-state index in [0.717, 1.165) is 36.4 Å². The van der Waals surface area contributed by atoms with Gasteiger partial charge in [-0.2, -0.15) is 13.2 Å². The molecule has 0 fully saturated rings. The SMILES string of the molecule is CCCN=C(NCCn1cnnc1CC)N(C)Cc1ccc(C(F)(F)F)cc1. The zero-order chi connectivity index (χ0) is 20.6. The fourth-order valence-corrected chi connectivity index (χ4v) is 2.70. The summed E-state index contributed by atoms with van der Waals surface area (Å²) in [7, 11) is 1.87. The van der Waals surface area contributed by atoms with Crippen LogP contribution in [0.15, 0.2) is 35.6 Å². The zero-order valence-electron chi connectivity index (χ0n) is 16.5. The van der Waals surface area contributed by atoms with Crippen molar-refractivity contribution >= 4 is 5.96 Å². The fraction of sp³-hybridized carbons (Fsp3) is 0.526. The third-order valence-corrected chi connectivity index (χ3v) is 4.20. The summed E-state index contributed by atoms with van der Waals surface area (Å²) < 4.78 is 40.1. The van der Waals surface area contributed by atoms with Gasteiger partial charge in [-0.3, -0.25) is 4.99 Å². The van der Waals surface area contributed by atoms with Crippen molar-refractivity contribution < 1.29 is 13.2 Å². The molecular weight excluding hydrogens is 369 g/mol. The molecule has 9 heteroatoms. The van der Waals surface area contributed by atoms with Gasteiger partial charge < -0.3 is 14.8 Å². The number of alkyl halides is 3. The van der Waals surface area contributed by atoms with Crippen LogP contribution in [0.25, 0.3) is 0 Å². The molecule has 28 heavy (non-hydrogen) atoms. The van der Waals surface area contributed by atoms with Gasteiger partial charge in [-0.05, 0) is 24.1 Å². The molecule has 2 aromatic rings. The van der Waals surface area contributed by atoms with Gasteiger partial charge >= 0.3 is 6.18 Å². The average Bonchev–Trinajstić information content (AvgIpc) is 3.11. The number of hydrogen-bond acceptors (Lipinski definition) is 3. The predicted molar refractivity (Wildman–Crippen MR) is 103 cm³/mol. The maximum atomic E-state index is 12.7. The molecule has 1 heterocycles. The van der Waals surface area contributed by atoms with Crippen LogP contribution in [0, 0.1) is 0 Å². The van der Waals surface area contributed by atoms with Crippen LogP contribution in [0.3, 0.4) is 0 Å². The van der Waals surface area contributed by atoms with E-state index >= 15 is 0 Å². The van der Waals surface area contributed by atoms with Crippen molar-refractivity contribution in [2.75, 3.05) is 20.1 Å². The van der Waals surface area contributed by atoms with E-state index < -0.39 is 11.7 Å². The number of guanidine groups is 1. The molecule has 0 bridgehead atoms. The summed E-state index contributed by atoms with van der Waals surface area (Å²) in [5.41, 5.74) is 0.145. The summed E-state index contributed by atoms with van der Waals surface area (Å²) in [6.07, 6.45) is -0.899. The van der Waals surface area contributed by atoms with Gasteiger partial charge in [0.25, 0.3) is 0 Å². The monoisotopic (exact) mass is 396 g/mol. The first-order chi connectivity index (χ1) is 13.3. The molecule has 6 nitrogen and oxygen atoms in total. The third-order valence-electron chi connectivity index (χ3n) is 4.20. The van der Waals surface area contributed by atoms with E-state index in [4.69, 9.17) is 0 Å². The summed E-state index contributed by atoms with van der Waals surface area (Å²) in [4.78, 5) is 6.48. The summed E-state index contributed by atoms with van der Waals surface area (Å²) in [5, 5.41) is 11.3. The smallest absolute Gasteiger partial charge is 0.354 e. The van der Waals surface area contributed by atoms with E-state index in [2.05, 4.69) is 20.5 Å². The minimum Gasteiger partial charge on any atom is -0.354 e. The fourth-order valence-electron chi connectivity index (χ4n) is 2.70. The molecular formula is C19H27F3N6. The molecule has 154 valence electrons. The molecule has 0 aliphatic carbocycles. The average molecular weight is 396 g/mol. The Morgan fingerprint density at radius 2 is 1.93 bits per heavy atom. The Morgan fingerprint density at radius 1 is 1.21 bits per heavy atom. The van der Waals surface area contributed by atoms with E-state index in [1.54, 1.807) is 6.33 Å². The van der Waals surface area contributed by atoms with E-state index in [9.17, 15) is 13.2 Å². The van der Waals surface area contributed by atoms with E-state index in [0.29, 0.717) is 32.1 Å². The van der Waals surface area contributed by atoms with Crippen LogP contribution in [0.5, 0.6) is 0 Å². The molecule has 0 saturated heterocycles. The number of hydrogen-bond donors (Lipinski definition) is 1. The van der Waals surface area contributed by atoms with Gasteiger partial charge in [0, 0.05) is 39.6 Å². The lowest BCUT2D eigenvalue weighted by Gasteiger charge is -2.23. The molecule has 0 radical (unpaired) electrons. The van der Waals surface area contributed by atoms with Crippen molar-refractivity contribution in [3.8, 4) is 0 Å². The highest BCUT2D eigenvalue weighted by Gasteiger charge is 2.29. The standard InChI is InChI=1S/C19H27F3N6/c1-4-10-23-18(24-11-12-28-14-25-26-17(28)5-2)27(3)13-15-6-8-16(9-7-15)19(20,21)22/h6-9,14H,4-5,10-13H2,1-3H3,(H,23,24). The van der Waals surface area contributed by atoms with E-state index in [1.165, 1.54) is 12.1 Å². The van der Waals surface area contributed by atoms with Crippen LogP contribution in [-0.2, 0) is 25.7 Å². The molecule has 0 spiro atoms. The zero-order valence-corrected chi connectivity index (χ0v) is 16.5. The lowest BCUT2D eigenvalue weighted by Crippen LogP contribution is -2.40. The van der Waals surface area contributed by atoms with Crippen LogP contribution in [0.4, 0.5) is 13.2 Å². The third kappa shape index (κ3) is 6.24. The highest BCUT2D eigenvalue weighted by Crippen LogP contribution is 2.29. The second kappa shape index (κ2) is 10.1.